The van der Waals surface area contributed by atoms with Gasteiger partial charge in [0.05, 0.1) is 5.69 Å². The van der Waals surface area contributed by atoms with E-state index in [1.165, 1.54) is 5.69 Å². The lowest BCUT2D eigenvalue weighted by Crippen LogP contribution is -2.27. The average molecular weight is 274 g/mol. The van der Waals surface area contributed by atoms with Gasteiger partial charge in [0.15, 0.2) is 5.82 Å². The highest BCUT2D eigenvalue weighted by Crippen LogP contribution is 2.22. The van der Waals surface area contributed by atoms with Gasteiger partial charge in [0.25, 0.3) is 0 Å². The molecule has 0 unspecified atom stereocenters. The summed E-state index contributed by atoms with van der Waals surface area (Å²) in [5, 5.41) is 3.43. The molecule has 0 aliphatic carbocycles. The van der Waals surface area contributed by atoms with E-state index in [2.05, 4.69) is 53.7 Å². The number of anilines is 1. The molecule has 0 saturated carbocycles. The Bertz CT molecular complexity index is 526. The predicted molar refractivity (Wildman–Crippen MR) is 85.4 cm³/mol. The third-order valence-corrected chi connectivity index (χ3v) is 3.44. The molecule has 0 atom stereocenters. The standard InChI is InChI=1S/C16H26N4/c1-4-10-19(11-5-2)16-14(13-17-6-3)20-12-8-7-9-15(20)18-16/h7-9,12,17H,4-6,10-11,13H2,1-3H3. The van der Waals surface area contributed by atoms with Crippen LogP contribution in [-0.4, -0.2) is 29.0 Å². The van der Waals surface area contributed by atoms with Gasteiger partial charge < -0.3 is 14.6 Å². The van der Waals surface area contributed by atoms with Gasteiger partial charge in [0, 0.05) is 25.8 Å². The number of nitrogens with one attached hydrogen (secondary N) is 1. The zero-order valence-electron chi connectivity index (χ0n) is 12.9. The summed E-state index contributed by atoms with van der Waals surface area (Å²) < 4.78 is 2.20. The Morgan fingerprint density at radius 1 is 1.15 bits per heavy atom. The Hall–Kier alpha value is -1.55. The van der Waals surface area contributed by atoms with Crippen LogP contribution in [0.1, 0.15) is 39.3 Å². The van der Waals surface area contributed by atoms with Gasteiger partial charge in [-0.25, -0.2) is 4.98 Å². The Kier molecular flexibility index (Phi) is 5.41. The van der Waals surface area contributed by atoms with Crippen LogP contribution < -0.4 is 10.2 Å². The summed E-state index contributed by atoms with van der Waals surface area (Å²) >= 11 is 0. The molecule has 0 radical (unpaired) electrons. The molecule has 4 heteroatoms. The fourth-order valence-electron chi connectivity index (χ4n) is 2.56. The Morgan fingerprint density at radius 2 is 1.90 bits per heavy atom. The van der Waals surface area contributed by atoms with E-state index < -0.39 is 0 Å². The lowest BCUT2D eigenvalue weighted by Gasteiger charge is -2.22. The number of pyridine rings is 1. The van der Waals surface area contributed by atoms with E-state index >= 15 is 0 Å². The van der Waals surface area contributed by atoms with Gasteiger partial charge in [-0.3, -0.25) is 0 Å². The molecular weight excluding hydrogens is 248 g/mol. The molecule has 4 nitrogen and oxygen atoms in total. The van der Waals surface area contributed by atoms with Crippen LogP contribution in [0.2, 0.25) is 0 Å². The minimum atomic E-state index is 0.862. The van der Waals surface area contributed by atoms with Crippen molar-refractivity contribution in [1.29, 1.82) is 0 Å². The number of fused-ring (bicyclic) bond motifs is 1. The summed E-state index contributed by atoms with van der Waals surface area (Å²) in [6.07, 6.45) is 4.40. The van der Waals surface area contributed by atoms with Crippen molar-refractivity contribution in [2.24, 2.45) is 0 Å². The van der Waals surface area contributed by atoms with Crippen molar-refractivity contribution in [3.05, 3.63) is 30.1 Å². The van der Waals surface area contributed by atoms with E-state index in [1.807, 2.05) is 6.07 Å². The molecule has 0 saturated heterocycles. The van der Waals surface area contributed by atoms with Crippen LogP contribution in [0.3, 0.4) is 0 Å². The highest BCUT2D eigenvalue weighted by molar-refractivity contribution is 5.56. The summed E-state index contributed by atoms with van der Waals surface area (Å²) in [6.45, 7) is 10.6. The molecule has 0 bridgehead atoms. The fourth-order valence-corrected chi connectivity index (χ4v) is 2.56. The van der Waals surface area contributed by atoms with E-state index in [4.69, 9.17) is 4.98 Å². The lowest BCUT2D eigenvalue weighted by atomic mass is 10.3. The van der Waals surface area contributed by atoms with Crippen molar-refractivity contribution in [2.75, 3.05) is 24.5 Å². The van der Waals surface area contributed by atoms with Crippen molar-refractivity contribution >= 4 is 11.5 Å². The van der Waals surface area contributed by atoms with Crippen molar-refractivity contribution in [3.8, 4) is 0 Å². The Morgan fingerprint density at radius 3 is 2.55 bits per heavy atom. The first kappa shape index (κ1) is 14.9. The molecule has 0 spiro atoms. The molecule has 2 heterocycles. The number of aromatic nitrogens is 2. The molecule has 0 aromatic carbocycles. The van der Waals surface area contributed by atoms with Gasteiger partial charge in [-0.05, 0) is 31.5 Å². The predicted octanol–water partition coefficient (Wildman–Crippen LogP) is 3.07. The quantitative estimate of drug-likeness (QED) is 0.803. The monoisotopic (exact) mass is 274 g/mol. The van der Waals surface area contributed by atoms with Gasteiger partial charge in [0.2, 0.25) is 0 Å². The first-order valence-corrected chi connectivity index (χ1v) is 7.73. The van der Waals surface area contributed by atoms with Gasteiger partial charge in [-0.15, -0.1) is 0 Å². The summed E-state index contributed by atoms with van der Waals surface area (Å²) in [5.74, 6) is 1.14. The molecule has 110 valence electrons. The summed E-state index contributed by atoms with van der Waals surface area (Å²) in [4.78, 5) is 7.27. The second-order valence-electron chi connectivity index (χ2n) is 5.08. The first-order valence-electron chi connectivity index (χ1n) is 7.73. The molecule has 20 heavy (non-hydrogen) atoms. The van der Waals surface area contributed by atoms with E-state index in [0.29, 0.717) is 0 Å². The molecule has 0 aliphatic rings. The molecule has 2 aromatic rings. The fraction of sp³-hybridized carbons (Fsp3) is 0.562. The first-order chi connectivity index (χ1) is 9.81. The minimum absolute atomic E-state index is 0.862. The van der Waals surface area contributed by atoms with Crippen LogP contribution >= 0.6 is 0 Å². The number of rotatable bonds is 8. The molecule has 2 aromatic heterocycles. The van der Waals surface area contributed by atoms with Crippen LogP contribution in [0.4, 0.5) is 5.82 Å². The van der Waals surface area contributed by atoms with Crippen molar-refractivity contribution in [1.82, 2.24) is 14.7 Å². The van der Waals surface area contributed by atoms with Crippen LogP contribution in [0, 0.1) is 0 Å². The third kappa shape index (κ3) is 3.12. The maximum atomic E-state index is 4.85. The second-order valence-corrected chi connectivity index (χ2v) is 5.08. The van der Waals surface area contributed by atoms with Crippen molar-refractivity contribution in [2.45, 2.75) is 40.2 Å². The van der Waals surface area contributed by atoms with Gasteiger partial charge in [0.1, 0.15) is 5.65 Å². The number of nitrogens with zero attached hydrogens (tertiary/aromatic N) is 3. The highest BCUT2D eigenvalue weighted by atomic mass is 15.2. The third-order valence-electron chi connectivity index (χ3n) is 3.44. The van der Waals surface area contributed by atoms with Crippen molar-refractivity contribution in [3.63, 3.8) is 0 Å². The van der Waals surface area contributed by atoms with Crippen LogP contribution in [-0.2, 0) is 6.54 Å². The Balaban J connectivity index is 2.42. The normalized spacial score (nSPS) is 11.2. The number of imidazole rings is 1. The van der Waals surface area contributed by atoms with Gasteiger partial charge >= 0.3 is 0 Å². The largest absolute Gasteiger partial charge is 0.355 e. The Labute approximate surface area is 121 Å². The molecule has 1 N–H and O–H groups in total. The van der Waals surface area contributed by atoms with E-state index in [1.54, 1.807) is 0 Å². The minimum Gasteiger partial charge on any atom is -0.355 e. The SMILES string of the molecule is CCCN(CCC)c1nc2ccccn2c1CNCC. The highest BCUT2D eigenvalue weighted by Gasteiger charge is 2.16. The van der Waals surface area contributed by atoms with E-state index in [9.17, 15) is 0 Å². The van der Waals surface area contributed by atoms with Crippen LogP contribution in [0.15, 0.2) is 24.4 Å². The van der Waals surface area contributed by atoms with Crippen LogP contribution in [0.5, 0.6) is 0 Å². The number of hydrogen-bond donors (Lipinski definition) is 1. The number of hydrogen-bond acceptors (Lipinski definition) is 3. The van der Waals surface area contributed by atoms with Gasteiger partial charge in [-0.1, -0.05) is 26.8 Å². The zero-order valence-corrected chi connectivity index (χ0v) is 12.9. The summed E-state index contributed by atoms with van der Waals surface area (Å²) in [7, 11) is 0. The maximum absolute atomic E-state index is 4.85. The van der Waals surface area contributed by atoms with E-state index in [-0.39, 0.29) is 0 Å². The smallest absolute Gasteiger partial charge is 0.152 e. The van der Waals surface area contributed by atoms with Crippen molar-refractivity contribution < 1.29 is 0 Å². The molecule has 0 amide bonds. The molecular formula is C16H26N4. The molecule has 0 fully saturated rings. The van der Waals surface area contributed by atoms with Gasteiger partial charge in [-0.2, -0.15) is 0 Å². The lowest BCUT2D eigenvalue weighted by molar-refractivity contribution is 0.687. The average Bonchev–Trinajstić information content (AvgIpc) is 2.83. The zero-order chi connectivity index (χ0) is 14.4. The summed E-state index contributed by atoms with van der Waals surface area (Å²) in [6, 6.07) is 6.19. The van der Waals surface area contributed by atoms with E-state index in [0.717, 1.165) is 50.5 Å². The topological polar surface area (TPSA) is 32.6 Å². The molecule has 0 aliphatic heterocycles. The summed E-state index contributed by atoms with van der Waals surface area (Å²) in [5.41, 5.74) is 2.30. The van der Waals surface area contributed by atoms with Crippen LogP contribution in [0.25, 0.3) is 5.65 Å². The molecule has 2 rings (SSSR count). The maximum Gasteiger partial charge on any atom is 0.152 e. The second kappa shape index (κ2) is 7.29.